The van der Waals surface area contributed by atoms with E-state index in [0.717, 1.165) is 68.1 Å². The zero-order valence-corrected chi connectivity index (χ0v) is 16.7. The van der Waals surface area contributed by atoms with Crippen molar-refractivity contribution < 1.29 is 9.53 Å². The lowest BCUT2D eigenvalue weighted by molar-refractivity contribution is -0.125. The van der Waals surface area contributed by atoms with E-state index in [-0.39, 0.29) is 11.8 Å². The van der Waals surface area contributed by atoms with Crippen LogP contribution in [0.3, 0.4) is 0 Å². The van der Waals surface area contributed by atoms with Crippen LogP contribution in [-0.4, -0.2) is 58.8 Å². The molecule has 0 atom stereocenters. The highest BCUT2D eigenvalue weighted by atomic mass is 16.5. The monoisotopic (exact) mass is 386 g/mol. The smallest absolute Gasteiger partial charge is 0.223 e. The Hall–Kier alpha value is -2.22. The molecule has 0 bridgehead atoms. The normalized spacial score (nSPS) is 18.1. The summed E-state index contributed by atoms with van der Waals surface area (Å²) in [7, 11) is 1.68. The van der Waals surface area contributed by atoms with Gasteiger partial charge in [0.15, 0.2) is 17.0 Å². The largest absolute Gasteiger partial charge is 0.385 e. The van der Waals surface area contributed by atoms with Gasteiger partial charge in [-0.2, -0.15) is 0 Å². The zero-order chi connectivity index (χ0) is 19.3. The Bertz CT molecular complexity index is 812. The molecule has 0 saturated carbocycles. The molecule has 2 aliphatic rings. The lowest BCUT2D eigenvalue weighted by atomic mass is 9.96. The Morgan fingerprint density at radius 3 is 2.89 bits per heavy atom. The molecule has 0 aliphatic carbocycles. The first-order valence-electron chi connectivity index (χ1n) is 10.5. The van der Waals surface area contributed by atoms with Gasteiger partial charge in [0.1, 0.15) is 12.2 Å². The number of imidazole rings is 1. The predicted octanol–water partition coefficient (Wildman–Crippen LogP) is 1.92. The molecule has 1 fully saturated rings. The summed E-state index contributed by atoms with van der Waals surface area (Å²) in [5, 5.41) is 3.03. The van der Waals surface area contributed by atoms with Crippen LogP contribution in [0.4, 0.5) is 5.82 Å². The van der Waals surface area contributed by atoms with Gasteiger partial charge in [0, 0.05) is 52.2 Å². The highest BCUT2D eigenvalue weighted by Crippen LogP contribution is 2.29. The number of nitrogens with zero attached hydrogens (tertiary/aromatic N) is 5. The molecule has 0 radical (unpaired) electrons. The van der Waals surface area contributed by atoms with Gasteiger partial charge in [-0.15, -0.1) is 0 Å². The minimum absolute atomic E-state index is 0.0786. The van der Waals surface area contributed by atoms with Gasteiger partial charge in [0.05, 0.1) is 0 Å². The Labute approximate surface area is 165 Å². The molecule has 1 saturated heterocycles. The number of aromatic nitrogens is 4. The summed E-state index contributed by atoms with van der Waals surface area (Å²) in [6.45, 7) is 4.00. The lowest BCUT2D eigenvalue weighted by Gasteiger charge is -2.32. The molecule has 2 aromatic rings. The van der Waals surface area contributed by atoms with Gasteiger partial charge in [-0.05, 0) is 32.1 Å². The van der Waals surface area contributed by atoms with Crippen LogP contribution in [0.25, 0.3) is 11.2 Å². The van der Waals surface area contributed by atoms with Gasteiger partial charge in [-0.3, -0.25) is 4.79 Å². The van der Waals surface area contributed by atoms with E-state index in [1.807, 2.05) is 0 Å². The maximum Gasteiger partial charge on any atom is 0.223 e. The second kappa shape index (κ2) is 8.86. The molecule has 4 rings (SSSR count). The summed E-state index contributed by atoms with van der Waals surface area (Å²) in [6.07, 6.45) is 8.84. The minimum Gasteiger partial charge on any atom is -0.385 e. The molecule has 0 spiro atoms. The summed E-state index contributed by atoms with van der Waals surface area (Å²) in [6, 6.07) is 0. The summed E-state index contributed by atoms with van der Waals surface area (Å²) in [5.41, 5.74) is 1.88. The molecule has 1 amide bonds. The Morgan fingerprint density at radius 2 is 2.07 bits per heavy atom. The number of piperidine rings is 1. The van der Waals surface area contributed by atoms with Gasteiger partial charge in [0.2, 0.25) is 5.91 Å². The molecular weight excluding hydrogens is 356 g/mol. The molecule has 8 nitrogen and oxygen atoms in total. The third-order valence-electron chi connectivity index (χ3n) is 5.86. The van der Waals surface area contributed by atoms with Gasteiger partial charge < -0.3 is 19.5 Å². The van der Waals surface area contributed by atoms with Crippen molar-refractivity contribution in [3.05, 3.63) is 12.2 Å². The van der Waals surface area contributed by atoms with Crippen LogP contribution in [0, 0.1) is 5.92 Å². The van der Waals surface area contributed by atoms with Gasteiger partial charge >= 0.3 is 0 Å². The number of methoxy groups -OCH3 is 1. The Balaban J connectivity index is 1.42. The molecule has 28 heavy (non-hydrogen) atoms. The lowest BCUT2D eigenvalue weighted by Crippen LogP contribution is -2.41. The molecule has 8 heteroatoms. The quantitative estimate of drug-likeness (QED) is 0.764. The van der Waals surface area contributed by atoms with E-state index in [1.165, 1.54) is 19.3 Å². The average molecular weight is 387 g/mol. The number of hydrogen-bond donors (Lipinski definition) is 1. The van der Waals surface area contributed by atoms with Crippen LogP contribution in [0.2, 0.25) is 0 Å². The highest BCUT2D eigenvalue weighted by Gasteiger charge is 2.27. The minimum atomic E-state index is 0.0786. The fourth-order valence-corrected chi connectivity index (χ4v) is 4.28. The van der Waals surface area contributed by atoms with Crippen molar-refractivity contribution in [1.82, 2.24) is 24.8 Å². The van der Waals surface area contributed by atoms with Crippen LogP contribution in [0.1, 0.15) is 44.3 Å². The van der Waals surface area contributed by atoms with Crippen molar-refractivity contribution in [3.63, 3.8) is 0 Å². The van der Waals surface area contributed by atoms with Gasteiger partial charge in [-0.25, -0.2) is 15.0 Å². The van der Waals surface area contributed by atoms with E-state index in [4.69, 9.17) is 9.72 Å². The first-order valence-corrected chi connectivity index (χ1v) is 10.5. The summed E-state index contributed by atoms with van der Waals surface area (Å²) < 4.78 is 7.30. The molecule has 2 aliphatic heterocycles. The van der Waals surface area contributed by atoms with E-state index < -0.39 is 0 Å². The number of fused-ring (bicyclic) bond motifs is 3. The van der Waals surface area contributed by atoms with Gasteiger partial charge in [-0.1, -0.05) is 6.42 Å². The number of carbonyl (C=O) groups excluding carboxylic acids is 1. The summed E-state index contributed by atoms with van der Waals surface area (Å²) in [5.74, 6) is 2.30. The molecule has 1 N–H and O–H groups in total. The summed E-state index contributed by atoms with van der Waals surface area (Å²) in [4.78, 5) is 28.6. The number of anilines is 1. The van der Waals surface area contributed by atoms with E-state index in [1.54, 1.807) is 13.4 Å². The number of carbonyl (C=O) groups is 1. The SMILES string of the molecule is COCCCNC(=O)C1CCN(c2ncnc3c2nc2n3CCCCC2)CC1. The highest BCUT2D eigenvalue weighted by molar-refractivity contribution is 5.84. The Morgan fingerprint density at radius 1 is 1.21 bits per heavy atom. The van der Waals surface area contributed by atoms with Crippen molar-refractivity contribution in [2.45, 2.75) is 51.5 Å². The molecule has 4 heterocycles. The maximum atomic E-state index is 12.4. The predicted molar refractivity (Wildman–Crippen MR) is 107 cm³/mol. The van der Waals surface area contributed by atoms with E-state index in [2.05, 4.69) is 24.8 Å². The van der Waals surface area contributed by atoms with Crippen molar-refractivity contribution in [2.75, 3.05) is 38.3 Å². The van der Waals surface area contributed by atoms with Crippen molar-refractivity contribution in [1.29, 1.82) is 0 Å². The topological polar surface area (TPSA) is 85.2 Å². The van der Waals surface area contributed by atoms with E-state index in [9.17, 15) is 4.79 Å². The third-order valence-corrected chi connectivity index (χ3v) is 5.86. The number of amides is 1. The number of aryl methyl sites for hydroxylation is 2. The average Bonchev–Trinajstić information content (AvgIpc) is 2.92. The standard InChI is InChI=1S/C20H30N6O2/c1-28-13-5-9-21-20(27)15-7-11-25(12-8-15)18-17-19(23-14-22-18)26-10-4-2-3-6-16(26)24-17/h14-15H,2-13H2,1H3,(H,21,27). The number of hydrogen-bond acceptors (Lipinski definition) is 6. The van der Waals surface area contributed by atoms with Crippen molar-refractivity contribution in [2.24, 2.45) is 5.92 Å². The number of nitrogens with one attached hydrogen (secondary N) is 1. The first-order chi connectivity index (χ1) is 13.8. The van der Waals surface area contributed by atoms with E-state index in [0.29, 0.717) is 13.2 Å². The summed E-state index contributed by atoms with van der Waals surface area (Å²) >= 11 is 0. The fraction of sp³-hybridized carbons (Fsp3) is 0.700. The molecule has 0 unspecified atom stereocenters. The van der Waals surface area contributed by atoms with E-state index >= 15 is 0 Å². The molecular formula is C20H30N6O2. The third kappa shape index (κ3) is 3.97. The molecule has 152 valence electrons. The van der Waals surface area contributed by atoms with Crippen molar-refractivity contribution in [3.8, 4) is 0 Å². The maximum absolute atomic E-state index is 12.4. The molecule has 2 aromatic heterocycles. The van der Waals surface area contributed by atoms with Gasteiger partial charge in [0.25, 0.3) is 0 Å². The van der Waals surface area contributed by atoms with Crippen molar-refractivity contribution >= 4 is 22.9 Å². The van der Waals surface area contributed by atoms with Crippen LogP contribution in [-0.2, 0) is 22.5 Å². The molecule has 0 aromatic carbocycles. The van der Waals surface area contributed by atoms with Crippen LogP contribution < -0.4 is 10.2 Å². The Kier molecular flexibility index (Phi) is 6.04. The van der Waals surface area contributed by atoms with Crippen LogP contribution in [0.15, 0.2) is 6.33 Å². The number of rotatable bonds is 6. The van der Waals surface area contributed by atoms with Crippen LogP contribution >= 0.6 is 0 Å². The first kappa shape index (κ1) is 19.1. The zero-order valence-electron chi connectivity index (χ0n) is 16.7. The fourth-order valence-electron chi connectivity index (χ4n) is 4.28. The van der Waals surface area contributed by atoms with Crippen LogP contribution in [0.5, 0.6) is 0 Å². The number of ether oxygens (including phenoxy) is 1. The second-order valence-corrected chi connectivity index (χ2v) is 7.76. The second-order valence-electron chi connectivity index (χ2n) is 7.76.